The van der Waals surface area contributed by atoms with E-state index in [1.54, 1.807) is 24.3 Å². The second-order valence-corrected chi connectivity index (χ2v) is 4.18. The standard InChI is InChI=1S/C16H16/c1-11-5-3-7-13-9-10-14-8-4-6-12(2)16(14)15(11)13/h3-8H,9-10H2,1-2H3/i1D3,2D3. The first-order valence-electron chi connectivity index (χ1n) is 8.45. The lowest BCUT2D eigenvalue weighted by Gasteiger charge is -2.23. The summed E-state index contributed by atoms with van der Waals surface area (Å²) in [5.41, 5.74) is 3.49. The quantitative estimate of drug-likeness (QED) is 0.620. The van der Waals surface area contributed by atoms with E-state index in [2.05, 4.69) is 0 Å². The van der Waals surface area contributed by atoms with Gasteiger partial charge < -0.3 is 0 Å². The highest BCUT2D eigenvalue weighted by molar-refractivity contribution is 5.78. The predicted molar refractivity (Wildman–Crippen MR) is 68.8 cm³/mol. The maximum atomic E-state index is 7.77. The lowest BCUT2D eigenvalue weighted by molar-refractivity contribution is 0.935. The summed E-state index contributed by atoms with van der Waals surface area (Å²) in [6.07, 6.45) is 1.47. The van der Waals surface area contributed by atoms with Gasteiger partial charge in [0.05, 0.1) is 0 Å². The smallest absolute Gasteiger partial charge is 0.0280 e. The largest absolute Gasteiger partial charge is 0.0617 e. The van der Waals surface area contributed by atoms with E-state index < -0.39 is 13.7 Å². The molecule has 0 fully saturated rings. The Bertz CT molecular complexity index is 661. The van der Waals surface area contributed by atoms with Crippen molar-refractivity contribution >= 4 is 0 Å². The molecule has 0 saturated heterocycles. The Kier molecular flexibility index (Phi) is 1.13. The Morgan fingerprint density at radius 1 is 0.812 bits per heavy atom. The molecule has 0 saturated carbocycles. The van der Waals surface area contributed by atoms with Gasteiger partial charge in [-0.2, -0.15) is 0 Å². The Morgan fingerprint density at radius 3 is 1.75 bits per heavy atom. The van der Waals surface area contributed by atoms with Crippen LogP contribution in [0, 0.1) is 13.7 Å². The van der Waals surface area contributed by atoms with Crippen LogP contribution >= 0.6 is 0 Å². The van der Waals surface area contributed by atoms with Gasteiger partial charge in [0.1, 0.15) is 0 Å². The highest BCUT2D eigenvalue weighted by atomic mass is 14.2. The minimum Gasteiger partial charge on any atom is -0.0617 e. The zero-order valence-electron chi connectivity index (χ0n) is 14.9. The molecule has 0 radical (unpaired) electrons. The molecule has 0 heteroatoms. The van der Waals surface area contributed by atoms with E-state index in [0.29, 0.717) is 11.1 Å². The van der Waals surface area contributed by atoms with Crippen LogP contribution in [0.5, 0.6) is 0 Å². The van der Waals surface area contributed by atoms with Gasteiger partial charge in [-0.05, 0) is 59.9 Å². The topological polar surface area (TPSA) is 0 Å². The summed E-state index contributed by atoms with van der Waals surface area (Å²) in [6.45, 7) is -4.52. The van der Waals surface area contributed by atoms with E-state index in [-0.39, 0.29) is 11.1 Å². The van der Waals surface area contributed by atoms with Crippen molar-refractivity contribution in [3.63, 3.8) is 0 Å². The fraction of sp³-hybridized carbons (Fsp3) is 0.250. The second kappa shape index (κ2) is 3.48. The molecule has 0 spiro atoms. The van der Waals surface area contributed by atoms with Crippen LogP contribution in [0.15, 0.2) is 36.4 Å². The monoisotopic (exact) mass is 214 g/mol. The van der Waals surface area contributed by atoms with Crippen LogP contribution in [0.4, 0.5) is 0 Å². The highest BCUT2D eigenvalue weighted by Gasteiger charge is 2.18. The maximum absolute atomic E-state index is 7.77. The summed E-state index contributed by atoms with van der Waals surface area (Å²) in [4.78, 5) is 0. The Balaban J connectivity index is 2.38. The molecule has 16 heavy (non-hydrogen) atoms. The molecule has 0 aromatic heterocycles. The predicted octanol–water partition coefficient (Wildman–Crippen LogP) is 4.07. The fourth-order valence-corrected chi connectivity index (χ4v) is 2.48. The summed E-state index contributed by atoms with van der Waals surface area (Å²) < 4.78 is 46.6. The third-order valence-corrected chi connectivity index (χ3v) is 3.22. The molecule has 1 aliphatic carbocycles. The van der Waals surface area contributed by atoms with Gasteiger partial charge in [-0.25, -0.2) is 0 Å². The fourth-order valence-electron chi connectivity index (χ4n) is 2.48. The van der Waals surface area contributed by atoms with Crippen molar-refractivity contribution in [1.82, 2.24) is 0 Å². The van der Waals surface area contributed by atoms with Gasteiger partial charge in [-0.15, -0.1) is 0 Å². The first kappa shape index (κ1) is 5.18. The molecule has 0 aliphatic heterocycles. The molecule has 0 nitrogen and oxygen atoms in total. The van der Waals surface area contributed by atoms with E-state index in [9.17, 15) is 0 Å². The van der Waals surface area contributed by atoms with Crippen LogP contribution in [-0.2, 0) is 12.8 Å². The first-order valence-corrected chi connectivity index (χ1v) is 5.45. The lowest BCUT2D eigenvalue weighted by atomic mass is 9.81. The van der Waals surface area contributed by atoms with Gasteiger partial charge in [0.25, 0.3) is 0 Å². The summed E-state index contributed by atoms with van der Waals surface area (Å²) in [5.74, 6) is 0. The Hall–Kier alpha value is -1.56. The van der Waals surface area contributed by atoms with Crippen molar-refractivity contribution < 1.29 is 8.22 Å². The molecule has 0 heterocycles. The number of benzene rings is 2. The molecular weight excluding hydrogens is 192 g/mol. The van der Waals surface area contributed by atoms with E-state index >= 15 is 0 Å². The highest BCUT2D eigenvalue weighted by Crippen LogP contribution is 2.37. The van der Waals surface area contributed by atoms with Crippen LogP contribution in [0.2, 0.25) is 0 Å². The van der Waals surface area contributed by atoms with Crippen molar-refractivity contribution in [3.8, 4) is 11.1 Å². The van der Waals surface area contributed by atoms with Crippen molar-refractivity contribution in [2.45, 2.75) is 26.5 Å². The number of fused-ring (bicyclic) bond motifs is 3. The average Bonchev–Trinajstić information content (AvgIpc) is 2.43. The zero-order valence-corrected chi connectivity index (χ0v) is 8.88. The van der Waals surface area contributed by atoms with Crippen molar-refractivity contribution in [2.75, 3.05) is 0 Å². The number of hydrogen-bond donors (Lipinski definition) is 0. The molecule has 0 unspecified atom stereocenters. The van der Waals surface area contributed by atoms with Gasteiger partial charge in [-0.3, -0.25) is 0 Å². The molecule has 1 aliphatic rings. The third-order valence-electron chi connectivity index (χ3n) is 3.22. The summed E-state index contributed by atoms with van der Waals surface area (Å²) in [7, 11) is 0. The number of aryl methyl sites for hydroxylation is 4. The molecular formula is C16H16. The summed E-state index contributed by atoms with van der Waals surface area (Å²) in [6, 6.07) is 10.4. The van der Waals surface area contributed by atoms with Gasteiger partial charge in [0, 0.05) is 8.22 Å². The van der Waals surface area contributed by atoms with E-state index in [1.807, 2.05) is 12.1 Å². The first-order chi connectivity index (χ1) is 10.2. The number of hydrogen-bond acceptors (Lipinski definition) is 0. The molecule has 0 bridgehead atoms. The molecule has 0 N–H and O–H groups in total. The average molecular weight is 214 g/mol. The second-order valence-electron chi connectivity index (χ2n) is 4.18. The van der Waals surface area contributed by atoms with Crippen LogP contribution in [-0.4, -0.2) is 0 Å². The van der Waals surface area contributed by atoms with E-state index in [4.69, 9.17) is 8.22 Å². The Labute approximate surface area is 105 Å². The molecule has 2 aromatic carbocycles. The zero-order chi connectivity index (χ0) is 16.1. The van der Waals surface area contributed by atoms with E-state index in [1.165, 1.54) is 0 Å². The lowest BCUT2D eigenvalue weighted by Crippen LogP contribution is -2.06. The number of rotatable bonds is 0. The van der Waals surface area contributed by atoms with Crippen molar-refractivity contribution in [3.05, 3.63) is 58.7 Å². The van der Waals surface area contributed by atoms with Gasteiger partial charge in [0.2, 0.25) is 0 Å². The molecule has 2 aromatic rings. The molecule has 0 atom stereocenters. The SMILES string of the molecule is [2H]C([2H])([2H])c1cccc2c1-c1c(cccc1C([2H])([2H])[2H])CC2. The van der Waals surface area contributed by atoms with Gasteiger partial charge in [-0.1, -0.05) is 36.4 Å². The molecule has 80 valence electrons. The minimum absolute atomic E-state index is 0.239. The van der Waals surface area contributed by atoms with Crippen LogP contribution in [0.1, 0.15) is 30.5 Å². The normalized spacial score (nSPS) is 20.2. The summed E-state index contributed by atoms with van der Waals surface area (Å²) >= 11 is 0. The molecule has 3 rings (SSSR count). The maximum Gasteiger partial charge on any atom is 0.0280 e. The van der Waals surface area contributed by atoms with Gasteiger partial charge >= 0.3 is 0 Å². The van der Waals surface area contributed by atoms with Gasteiger partial charge in [0.15, 0.2) is 0 Å². The molecule has 0 amide bonds. The third kappa shape index (κ3) is 1.30. The van der Waals surface area contributed by atoms with Crippen LogP contribution in [0.3, 0.4) is 0 Å². The van der Waals surface area contributed by atoms with E-state index in [0.717, 1.165) is 24.0 Å². The van der Waals surface area contributed by atoms with Crippen molar-refractivity contribution in [1.29, 1.82) is 0 Å². The minimum atomic E-state index is -2.26. The van der Waals surface area contributed by atoms with Crippen molar-refractivity contribution in [2.24, 2.45) is 0 Å². The van der Waals surface area contributed by atoms with Crippen LogP contribution < -0.4 is 0 Å². The summed E-state index contributed by atoms with van der Waals surface area (Å²) in [5, 5.41) is 0. The van der Waals surface area contributed by atoms with Crippen LogP contribution in [0.25, 0.3) is 11.1 Å². The Morgan fingerprint density at radius 2 is 1.31 bits per heavy atom.